The summed E-state index contributed by atoms with van der Waals surface area (Å²) in [7, 11) is 0. The number of pyridine rings is 1. The van der Waals surface area contributed by atoms with Crippen LogP contribution in [0.15, 0.2) is 18.3 Å². The van der Waals surface area contributed by atoms with Crippen molar-refractivity contribution < 1.29 is 4.79 Å². The molecule has 104 valence electrons. The Hall–Kier alpha value is -1.13. The number of piperidine rings is 1. The fraction of sp³-hybridized carbons (Fsp3) is 0.571. The van der Waals surface area contributed by atoms with Gasteiger partial charge in [0, 0.05) is 12.7 Å². The maximum absolute atomic E-state index is 12.5. The molecule has 4 nitrogen and oxygen atoms in total. The minimum absolute atomic E-state index is 0.0661. The van der Waals surface area contributed by atoms with Crippen molar-refractivity contribution >= 4 is 23.3 Å². The molecule has 0 bridgehead atoms. The second-order valence-corrected chi connectivity index (χ2v) is 5.56. The Bertz CT molecular complexity index is 421. The summed E-state index contributed by atoms with van der Waals surface area (Å²) in [4.78, 5) is 16.7. The molecule has 19 heavy (non-hydrogen) atoms. The number of anilines is 1. The summed E-state index contributed by atoms with van der Waals surface area (Å²) in [6, 6.07) is 3.46. The molecule has 5 heteroatoms. The smallest absolute Gasteiger partial charge is 0.233 e. The molecule has 1 saturated heterocycles. The highest BCUT2D eigenvalue weighted by molar-refractivity contribution is 6.30. The number of amides is 1. The summed E-state index contributed by atoms with van der Waals surface area (Å²) in [5.41, 5.74) is -0.297. The highest BCUT2D eigenvalue weighted by Crippen LogP contribution is 2.32. The zero-order chi connectivity index (χ0) is 13.7. The van der Waals surface area contributed by atoms with Crippen molar-refractivity contribution in [3.8, 4) is 0 Å². The number of nitrogens with zero attached hydrogens (tertiary/aromatic N) is 1. The van der Waals surface area contributed by atoms with Crippen LogP contribution in [0.25, 0.3) is 0 Å². The van der Waals surface area contributed by atoms with Crippen LogP contribution in [0.2, 0.25) is 5.02 Å². The molecule has 0 aliphatic carbocycles. The van der Waals surface area contributed by atoms with E-state index < -0.39 is 0 Å². The maximum atomic E-state index is 12.5. The van der Waals surface area contributed by atoms with Gasteiger partial charge in [-0.05, 0) is 37.9 Å². The number of hydrogen-bond donors (Lipinski definition) is 2. The molecule has 0 saturated carbocycles. The van der Waals surface area contributed by atoms with Crippen LogP contribution in [0.4, 0.5) is 5.82 Å². The van der Waals surface area contributed by atoms with E-state index >= 15 is 0 Å². The first-order chi connectivity index (χ1) is 9.16. The van der Waals surface area contributed by atoms with Gasteiger partial charge in [-0.2, -0.15) is 0 Å². The van der Waals surface area contributed by atoms with Gasteiger partial charge in [0.05, 0.1) is 10.4 Å². The summed E-state index contributed by atoms with van der Waals surface area (Å²) in [6.45, 7) is 3.86. The van der Waals surface area contributed by atoms with E-state index in [1.807, 2.05) is 0 Å². The van der Waals surface area contributed by atoms with E-state index in [1.54, 1.807) is 18.3 Å². The molecule has 0 aromatic carbocycles. The molecular formula is C14H20ClN3O. The van der Waals surface area contributed by atoms with Crippen LogP contribution < -0.4 is 10.6 Å². The van der Waals surface area contributed by atoms with Crippen molar-refractivity contribution in [2.45, 2.75) is 32.6 Å². The standard InChI is InChI=1S/C14H20ClN3O/c1-2-6-14(7-3-8-16-10-14)13(19)18-12-5-4-11(15)9-17-12/h4-5,9,16H,2-3,6-8,10H2,1H3,(H,17,18,19). The van der Waals surface area contributed by atoms with Gasteiger partial charge in [-0.3, -0.25) is 4.79 Å². The SMILES string of the molecule is CCCC1(C(=O)Nc2ccc(Cl)cn2)CCCNC1. The van der Waals surface area contributed by atoms with Crippen LogP contribution in [0.5, 0.6) is 0 Å². The Kier molecular flexibility index (Phi) is 4.77. The molecule has 2 N–H and O–H groups in total. The second kappa shape index (κ2) is 6.35. The molecule has 1 aliphatic heterocycles. The van der Waals surface area contributed by atoms with Gasteiger partial charge in [-0.15, -0.1) is 0 Å². The summed E-state index contributed by atoms with van der Waals surface area (Å²) < 4.78 is 0. The van der Waals surface area contributed by atoms with Gasteiger partial charge in [0.2, 0.25) is 5.91 Å². The van der Waals surface area contributed by atoms with E-state index in [0.29, 0.717) is 10.8 Å². The number of aromatic nitrogens is 1. The Balaban J connectivity index is 2.09. The molecule has 1 aliphatic rings. The highest BCUT2D eigenvalue weighted by Gasteiger charge is 2.38. The fourth-order valence-corrected chi connectivity index (χ4v) is 2.78. The Morgan fingerprint density at radius 2 is 2.42 bits per heavy atom. The molecule has 1 amide bonds. The molecule has 2 rings (SSSR count). The van der Waals surface area contributed by atoms with Gasteiger partial charge in [0.25, 0.3) is 0 Å². The van der Waals surface area contributed by atoms with Crippen molar-refractivity contribution in [2.75, 3.05) is 18.4 Å². The number of carbonyl (C=O) groups is 1. The number of hydrogen-bond acceptors (Lipinski definition) is 3. The lowest BCUT2D eigenvalue weighted by atomic mass is 9.76. The van der Waals surface area contributed by atoms with Crippen LogP contribution in [0.1, 0.15) is 32.6 Å². The van der Waals surface area contributed by atoms with E-state index in [2.05, 4.69) is 22.5 Å². The molecule has 1 aromatic heterocycles. The Morgan fingerprint density at radius 1 is 1.58 bits per heavy atom. The van der Waals surface area contributed by atoms with E-state index in [-0.39, 0.29) is 11.3 Å². The van der Waals surface area contributed by atoms with Crippen molar-refractivity contribution in [3.63, 3.8) is 0 Å². The van der Waals surface area contributed by atoms with Gasteiger partial charge in [-0.25, -0.2) is 4.98 Å². The Labute approximate surface area is 118 Å². The van der Waals surface area contributed by atoms with Crippen LogP contribution >= 0.6 is 11.6 Å². The molecular weight excluding hydrogens is 262 g/mol. The first-order valence-corrected chi connectivity index (χ1v) is 7.18. The first kappa shape index (κ1) is 14.3. The van der Waals surface area contributed by atoms with Gasteiger partial charge in [-0.1, -0.05) is 24.9 Å². The summed E-state index contributed by atoms with van der Waals surface area (Å²) >= 11 is 5.79. The van der Waals surface area contributed by atoms with Crippen molar-refractivity contribution in [3.05, 3.63) is 23.4 Å². The van der Waals surface area contributed by atoms with E-state index in [1.165, 1.54) is 0 Å². The van der Waals surface area contributed by atoms with E-state index in [4.69, 9.17) is 11.6 Å². The lowest BCUT2D eigenvalue weighted by Crippen LogP contribution is -2.48. The number of nitrogens with one attached hydrogen (secondary N) is 2. The molecule has 2 heterocycles. The molecule has 1 fully saturated rings. The van der Waals surface area contributed by atoms with Crippen molar-refractivity contribution in [2.24, 2.45) is 5.41 Å². The van der Waals surface area contributed by atoms with Crippen molar-refractivity contribution in [1.82, 2.24) is 10.3 Å². The topological polar surface area (TPSA) is 54.0 Å². The first-order valence-electron chi connectivity index (χ1n) is 6.80. The van der Waals surface area contributed by atoms with Gasteiger partial charge >= 0.3 is 0 Å². The average Bonchev–Trinajstić information content (AvgIpc) is 2.43. The predicted molar refractivity (Wildman–Crippen MR) is 77.3 cm³/mol. The third-order valence-corrected chi connectivity index (χ3v) is 3.88. The fourth-order valence-electron chi connectivity index (χ4n) is 2.67. The van der Waals surface area contributed by atoms with Gasteiger partial charge in [0.1, 0.15) is 5.82 Å². The number of halogens is 1. The van der Waals surface area contributed by atoms with Gasteiger partial charge < -0.3 is 10.6 Å². The van der Waals surface area contributed by atoms with E-state index in [0.717, 1.165) is 38.8 Å². The zero-order valence-corrected chi connectivity index (χ0v) is 12.0. The molecule has 0 radical (unpaired) electrons. The maximum Gasteiger partial charge on any atom is 0.233 e. The third kappa shape index (κ3) is 3.45. The van der Waals surface area contributed by atoms with Crippen LogP contribution in [0, 0.1) is 5.41 Å². The van der Waals surface area contributed by atoms with Crippen molar-refractivity contribution in [1.29, 1.82) is 0 Å². The summed E-state index contributed by atoms with van der Waals surface area (Å²) in [6.07, 6.45) is 5.43. The molecule has 0 spiro atoms. The minimum Gasteiger partial charge on any atom is -0.316 e. The van der Waals surface area contributed by atoms with Crippen LogP contribution in [-0.2, 0) is 4.79 Å². The van der Waals surface area contributed by atoms with Crippen LogP contribution in [-0.4, -0.2) is 24.0 Å². The normalized spacial score (nSPS) is 23.1. The van der Waals surface area contributed by atoms with Gasteiger partial charge in [0.15, 0.2) is 0 Å². The molecule has 1 unspecified atom stereocenters. The minimum atomic E-state index is -0.297. The quantitative estimate of drug-likeness (QED) is 0.892. The molecule has 1 aromatic rings. The zero-order valence-electron chi connectivity index (χ0n) is 11.2. The summed E-state index contributed by atoms with van der Waals surface area (Å²) in [5, 5.41) is 6.82. The monoisotopic (exact) mass is 281 g/mol. The molecule has 1 atom stereocenters. The average molecular weight is 282 g/mol. The lowest BCUT2D eigenvalue weighted by molar-refractivity contribution is -0.127. The lowest BCUT2D eigenvalue weighted by Gasteiger charge is -2.36. The van der Waals surface area contributed by atoms with E-state index in [9.17, 15) is 4.79 Å². The number of rotatable bonds is 4. The second-order valence-electron chi connectivity index (χ2n) is 5.13. The third-order valence-electron chi connectivity index (χ3n) is 3.65. The largest absolute Gasteiger partial charge is 0.316 e. The Morgan fingerprint density at radius 3 is 3.00 bits per heavy atom. The number of carbonyl (C=O) groups excluding carboxylic acids is 1. The predicted octanol–water partition coefficient (Wildman–Crippen LogP) is 2.84. The summed E-state index contributed by atoms with van der Waals surface area (Å²) in [5.74, 6) is 0.631. The highest BCUT2D eigenvalue weighted by atomic mass is 35.5. The van der Waals surface area contributed by atoms with Crippen LogP contribution in [0.3, 0.4) is 0 Å².